The fourth-order valence-corrected chi connectivity index (χ4v) is 3.04. The molecule has 0 bridgehead atoms. The zero-order valence-electron chi connectivity index (χ0n) is 10.8. The molecule has 1 unspecified atom stereocenters. The monoisotopic (exact) mass is 283 g/mol. The predicted octanol–water partition coefficient (Wildman–Crippen LogP) is 1.14. The van der Waals surface area contributed by atoms with Gasteiger partial charge in [0.05, 0.1) is 23.7 Å². The summed E-state index contributed by atoms with van der Waals surface area (Å²) in [6.07, 6.45) is 0. The number of halogens is 1. The first-order valence-electron chi connectivity index (χ1n) is 5.88. The quantitative estimate of drug-likeness (QED) is 0.726. The zero-order valence-corrected chi connectivity index (χ0v) is 12.4. The number of rotatable bonds is 4. The van der Waals surface area contributed by atoms with Gasteiger partial charge in [-0.25, -0.2) is 8.42 Å². The van der Waals surface area contributed by atoms with Crippen LogP contribution < -0.4 is 0 Å². The number of alkyl halides is 1. The lowest BCUT2D eigenvalue weighted by Gasteiger charge is -2.34. The van der Waals surface area contributed by atoms with E-state index in [4.69, 9.17) is 16.3 Å². The van der Waals surface area contributed by atoms with Crippen molar-refractivity contribution in [3.8, 4) is 0 Å². The second kappa shape index (κ2) is 5.87. The van der Waals surface area contributed by atoms with Crippen molar-refractivity contribution in [1.82, 2.24) is 4.90 Å². The van der Waals surface area contributed by atoms with Gasteiger partial charge in [-0.3, -0.25) is 4.90 Å². The van der Waals surface area contributed by atoms with Gasteiger partial charge in [0.1, 0.15) is 0 Å². The first kappa shape index (κ1) is 15.2. The summed E-state index contributed by atoms with van der Waals surface area (Å²) in [5, 5.41) is 0. The predicted molar refractivity (Wildman–Crippen MR) is 70.4 cm³/mol. The van der Waals surface area contributed by atoms with Crippen molar-refractivity contribution in [3.63, 3.8) is 0 Å². The number of ether oxygens (including phenoxy) is 1. The van der Waals surface area contributed by atoms with E-state index in [2.05, 4.69) is 4.90 Å². The summed E-state index contributed by atoms with van der Waals surface area (Å²) in [6, 6.07) is 0.139. The second-order valence-electron chi connectivity index (χ2n) is 5.35. The van der Waals surface area contributed by atoms with E-state index >= 15 is 0 Å². The Balaban J connectivity index is 2.55. The van der Waals surface area contributed by atoms with E-state index in [9.17, 15) is 8.42 Å². The van der Waals surface area contributed by atoms with Gasteiger partial charge >= 0.3 is 0 Å². The fourth-order valence-electron chi connectivity index (χ4n) is 1.67. The molecule has 0 N–H and O–H groups in total. The third kappa shape index (κ3) is 4.09. The molecule has 0 saturated carbocycles. The van der Waals surface area contributed by atoms with Crippen molar-refractivity contribution >= 4 is 21.4 Å². The van der Waals surface area contributed by atoms with E-state index in [0.29, 0.717) is 25.6 Å². The van der Waals surface area contributed by atoms with Crippen LogP contribution in [0.5, 0.6) is 0 Å². The van der Waals surface area contributed by atoms with Gasteiger partial charge in [-0.05, 0) is 20.8 Å². The van der Waals surface area contributed by atoms with Crippen molar-refractivity contribution in [1.29, 1.82) is 0 Å². The highest BCUT2D eigenvalue weighted by Crippen LogP contribution is 2.17. The second-order valence-corrected chi connectivity index (χ2v) is 8.52. The Labute approximate surface area is 109 Å². The molecule has 0 aromatic rings. The average Bonchev–Trinajstić information content (AvgIpc) is 2.25. The molecule has 0 spiro atoms. The zero-order chi connectivity index (χ0) is 13.1. The molecule has 17 heavy (non-hydrogen) atoms. The molecule has 0 aromatic heterocycles. The third-order valence-electron chi connectivity index (χ3n) is 3.11. The minimum atomic E-state index is -3.05. The Bertz CT molecular complexity index is 337. The molecule has 102 valence electrons. The van der Waals surface area contributed by atoms with Gasteiger partial charge in [-0.2, -0.15) is 0 Å². The molecule has 6 heteroatoms. The summed E-state index contributed by atoms with van der Waals surface area (Å²) in [6.45, 7) is 7.77. The molecule has 0 radical (unpaired) electrons. The van der Waals surface area contributed by atoms with E-state index in [0.717, 1.165) is 6.54 Å². The Morgan fingerprint density at radius 3 is 2.59 bits per heavy atom. The maximum absolute atomic E-state index is 12.0. The van der Waals surface area contributed by atoms with Crippen LogP contribution in [-0.4, -0.2) is 62.0 Å². The Morgan fingerprint density at radius 1 is 1.41 bits per heavy atom. The van der Waals surface area contributed by atoms with Gasteiger partial charge in [0.2, 0.25) is 0 Å². The van der Waals surface area contributed by atoms with Crippen molar-refractivity contribution in [2.45, 2.75) is 31.6 Å². The Hall–Kier alpha value is 0.160. The van der Waals surface area contributed by atoms with Gasteiger partial charge in [-0.15, -0.1) is 11.6 Å². The highest BCUT2D eigenvalue weighted by Gasteiger charge is 2.30. The summed E-state index contributed by atoms with van der Waals surface area (Å²) < 4.78 is 28.6. The SMILES string of the molecule is CC(C)(C)S(=O)(=O)CCN1CCOCC1CCl. The van der Waals surface area contributed by atoms with Crippen LogP contribution in [0.2, 0.25) is 0 Å². The van der Waals surface area contributed by atoms with Crippen LogP contribution >= 0.6 is 11.6 Å². The number of morpholine rings is 1. The maximum atomic E-state index is 12.0. The van der Waals surface area contributed by atoms with E-state index in [1.807, 2.05) is 0 Å². The molecular formula is C11H22ClNO3S. The topological polar surface area (TPSA) is 46.6 Å². The van der Waals surface area contributed by atoms with Gasteiger partial charge in [0.15, 0.2) is 9.84 Å². The molecule has 0 aliphatic carbocycles. The van der Waals surface area contributed by atoms with Crippen molar-refractivity contribution in [3.05, 3.63) is 0 Å². The molecule has 1 saturated heterocycles. The first-order valence-corrected chi connectivity index (χ1v) is 8.06. The van der Waals surface area contributed by atoms with Crippen LogP contribution in [0, 0.1) is 0 Å². The fraction of sp³-hybridized carbons (Fsp3) is 1.00. The third-order valence-corrected chi connectivity index (χ3v) is 6.05. The summed E-state index contributed by atoms with van der Waals surface area (Å²) in [5.74, 6) is 0.666. The van der Waals surface area contributed by atoms with E-state index in [1.165, 1.54) is 0 Å². The lowest BCUT2D eigenvalue weighted by atomic mass is 10.2. The molecule has 1 aliphatic heterocycles. The Morgan fingerprint density at radius 2 is 2.06 bits per heavy atom. The van der Waals surface area contributed by atoms with Crippen LogP contribution in [0.25, 0.3) is 0 Å². The van der Waals surface area contributed by atoms with Crippen LogP contribution in [0.3, 0.4) is 0 Å². The lowest BCUT2D eigenvalue weighted by Crippen LogP contribution is -2.49. The highest BCUT2D eigenvalue weighted by molar-refractivity contribution is 7.92. The Kier molecular flexibility index (Phi) is 5.25. The number of hydrogen-bond acceptors (Lipinski definition) is 4. The lowest BCUT2D eigenvalue weighted by molar-refractivity contribution is 0.00408. The summed E-state index contributed by atoms with van der Waals surface area (Å²) in [7, 11) is -3.05. The minimum Gasteiger partial charge on any atom is -0.378 e. The molecule has 0 amide bonds. The molecule has 1 fully saturated rings. The van der Waals surface area contributed by atoms with Crippen molar-refractivity contribution in [2.24, 2.45) is 0 Å². The molecule has 1 atom stereocenters. The minimum absolute atomic E-state index is 0.139. The van der Waals surface area contributed by atoms with Crippen LogP contribution in [0.1, 0.15) is 20.8 Å². The van der Waals surface area contributed by atoms with Gasteiger partial charge in [0, 0.05) is 25.0 Å². The molecule has 1 heterocycles. The van der Waals surface area contributed by atoms with Crippen LogP contribution in [0.4, 0.5) is 0 Å². The molecule has 1 aliphatic rings. The van der Waals surface area contributed by atoms with E-state index in [-0.39, 0.29) is 11.8 Å². The van der Waals surface area contributed by atoms with E-state index in [1.54, 1.807) is 20.8 Å². The highest BCUT2D eigenvalue weighted by atomic mass is 35.5. The number of hydrogen-bond donors (Lipinski definition) is 0. The average molecular weight is 284 g/mol. The normalized spacial score (nSPS) is 23.9. The summed E-state index contributed by atoms with van der Waals surface area (Å²) in [4.78, 5) is 2.11. The summed E-state index contributed by atoms with van der Waals surface area (Å²) in [5.41, 5.74) is 0. The van der Waals surface area contributed by atoms with E-state index < -0.39 is 14.6 Å². The number of sulfone groups is 1. The molecule has 4 nitrogen and oxygen atoms in total. The van der Waals surface area contributed by atoms with Gasteiger partial charge in [0.25, 0.3) is 0 Å². The van der Waals surface area contributed by atoms with Gasteiger partial charge in [-0.1, -0.05) is 0 Å². The first-order chi connectivity index (χ1) is 7.78. The van der Waals surface area contributed by atoms with Crippen molar-refractivity contribution in [2.75, 3.05) is 37.9 Å². The maximum Gasteiger partial charge on any atom is 0.156 e. The molecule has 0 aromatic carbocycles. The summed E-state index contributed by atoms with van der Waals surface area (Å²) >= 11 is 5.84. The largest absolute Gasteiger partial charge is 0.378 e. The van der Waals surface area contributed by atoms with Crippen LogP contribution in [-0.2, 0) is 14.6 Å². The molecule has 1 rings (SSSR count). The smallest absolute Gasteiger partial charge is 0.156 e. The van der Waals surface area contributed by atoms with Crippen LogP contribution in [0.15, 0.2) is 0 Å². The van der Waals surface area contributed by atoms with Crippen molar-refractivity contribution < 1.29 is 13.2 Å². The molecular weight excluding hydrogens is 262 g/mol. The standard InChI is InChI=1S/C11H22ClNO3S/c1-11(2,3)17(14,15)7-5-13-4-6-16-9-10(13)8-12/h10H,4-9H2,1-3H3. The number of nitrogens with zero attached hydrogens (tertiary/aromatic N) is 1. The van der Waals surface area contributed by atoms with Gasteiger partial charge < -0.3 is 4.74 Å².